The highest BCUT2D eigenvalue weighted by atomic mass is 16.7. The predicted molar refractivity (Wildman–Crippen MR) is 237 cm³/mol. The van der Waals surface area contributed by atoms with Crippen LogP contribution in [0.1, 0.15) is 103 Å². The molecule has 2 aromatic rings. The molecule has 1 saturated carbocycles. The molecule has 2 fully saturated rings. The number of methoxy groups -OCH3 is 2. The van der Waals surface area contributed by atoms with Crippen LogP contribution in [0.2, 0.25) is 0 Å². The Balaban J connectivity index is 1.25. The van der Waals surface area contributed by atoms with E-state index >= 15 is 0 Å². The molecule has 0 radical (unpaired) electrons. The number of hydrogen-bond acceptors (Lipinski definition) is 10. The lowest BCUT2D eigenvalue weighted by Gasteiger charge is -2.40. The Bertz CT molecular complexity index is 1860. The van der Waals surface area contributed by atoms with Crippen LogP contribution >= 0.6 is 0 Å². The molecule has 4 amide bonds. The van der Waals surface area contributed by atoms with Gasteiger partial charge in [0.05, 0.1) is 42.8 Å². The van der Waals surface area contributed by atoms with Gasteiger partial charge in [-0.3, -0.25) is 28.8 Å². The number of hydroxylamine groups is 2. The number of benzene rings is 2. The highest BCUT2D eigenvalue weighted by Crippen LogP contribution is 2.53. The van der Waals surface area contributed by atoms with Crippen molar-refractivity contribution in [2.24, 2.45) is 23.7 Å². The molecule has 0 spiro atoms. The number of fused-ring (bicyclic) bond motifs is 1. The molecule has 14 nitrogen and oxygen atoms in total. The molecule has 2 heterocycles. The summed E-state index contributed by atoms with van der Waals surface area (Å²) < 4.78 is 12.0. The second kappa shape index (κ2) is 21.4. The van der Waals surface area contributed by atoms with Gasteiger partial charge in [0.15, 0.2) is 5.78 Å². The van der Waals surface area contributed by atoms with Gasteiger partial charge in [0.2, 0.25) is 17.7 Å². The molecule has 2 aromatic carbocycles. The van der Waals surface area contributed by atoms with E-state index in [0.717, 1.165) is 23.1 Å². The molecule has 5 rings (SSSR count). The minimum atomic E-state index is -1.18. The number of ether oxygens (including phenoxy) is 2. The van der Waals surface area contributed by atoms with Gasteiger partial charge in [-0.15, -0.1) is 0 Å². The number of ketones is 1. The minimum Gasteiger partial charge on any atom is -0.379 e. The van der Waals surface area contributed by atoms with Crippen molar-refractivity contribution < 1.29 is 38.3 Å². The number of Topliss-reactive ketones (excluding diaryl/α,β-unsaturated/α-hetero) is 1. The highest BCUT2D eigenvalue weighted by Gasteiger charge is 2.64. The fraction of sp³-hybridized carbons (Fsp3) is 0.646. The molecule has 11 atom stereocenters. The van der Waals surface area contributed by atoms with Crippen molar-refractivity contribution in [3.05, 3.63) is 71.3 Å². The van der Waals surface area contributed by atoms with E-state index < -0.39 is 47.8 Å². The molecule has 2 aliphatic heterocycles. The van der Waals surface area contributed by atoms with Crippen molar-refractivity contribution >= 4 is 29.4 Å². The number of nitrogens with one attached hydrogen (secondary N) is 4. The number of amides is 4. The molecular weight excluding hydrogens is 789 g/mol. The lowest BCUT2D eigenvalue weighted by Crippen LogP contribution is -2.59. The van der Waals surface area contributed by atoms with Crippen molar-refractivity contribution in [1.82, 2.24) is 31.2 Å². The zero-order valence-electron chi connectivity index (χ0n) is 38.7. The Morgan fingerprint density at radius 1 is 0.887 bits per heavy atom. The van der Waals surface area contributed by atoms with Crippen LogP contribution in [-0.4, -0.2) is 116 Å². The van der Waals surface area contributed by atoms with Crippen molar-refractivity contribution in [1.29, 1.82) is 0 Å². The SMILES string of the molecule is CC[C@H](C)[C@@H]([C@@H](CC(=O)C1CC[C@@H]([C@H](OC)[C@@H](C)C(=O)N[C@@]2(C(=O)N3Cc4ccccc4CO3)C[C@@H]2c2ccccc2)N1)OC)N(C)C(=O)[C@@H](NC(=O)[C@@H](NC)C(C)C)C(C)C. The van der Waals surface area contributed by atoms with Crippen LogP contribution < -0.4 is 21.3 Å². The lowest BCUT2D eigenvalue weighted by atomic mass is 9.88. The van der Waals surface area contributed by atoms with Crippen LogP contribution in [0.3, 0.4) is 0 Å². The van der Waals surface area contributed by atoms with Crippen LogP contribution in [0.25, 0.3) is 0 Å². The van der Waals surface area contributed by atoms with Crippen LogP contribution in [0.15, 0.2) is 54.6 Å². The van der Waals surface area contributed by atoms with Crippen molar-refractivity contribution in [2.45, 2.75) is 148 Å². The van der Waals surface area contributed by atoms with Gasteiger partial charge in [0, 0.05) is 39.6 Å². The zero-order chi connectivity index (χ0) is 45.5. The second-order valence-electron chi connectivity index (χ2n) is 18.4. The average Bonchev–Trinajstić information content (AvgIpc) is 3.79. The first-order valence-electron chi connectivity index (χ1n) is 22.5. The Morgan fingerprint density at radius 3 is 2.13 bits per heavy atom. The van der Waals surface area contributed by atoms with Gasteiger partial charge in [-0.05, 0) is 60.8 Å². The van der Waals surface area contributed by atoms with E-state index in [0.29, 0.717) is 19.3 Å². The maximum absolute atomic E-state index is 14.4. The Kier molecular flexibility index (Phi) is 16.9. The topological polar surface area (TPSA) is 168 Å². The van der Waals surface area contributed by atoms with E-state index in [1.54, 1.807) is 40.1 Å². The van der Waals surface area contributed by atoms with Gasteiger partial charge in [-0.2, -0.15) is 0 Å². The van der Waals surface area contributed by atoms with E-state index in [9.17, 15) is 24.0 Å². The van der Waals surface area contributed by atoms with Gasteiger partial charge in [-0.1, -0.05) is 109 Å². The summed E-state index contributed by atoms with van der Waals surface area (Å²) in [4.78, 5) is 77.8. The summed E-state index contributed by atoms with van der Waals surface area (Å²) in [7, 11) is 6.59. The quantitative estimate of drug-likeness (QED) is 0.140. The van der Waals surface area contributed by atoms with Gasteiger partial charge in [-0.25, -0.2) is 5.06 Å². The van der Waals surface area contributed by atoms with Crippen molar-refractivity contribution in [3.8, 4) is 0 Å². The fourth-order valence-corrected chi connectivity index (χ4v) is 9.63. The molecule has 342 valence electrons. The summed E-state index contributed by atoms with van der Waals surface area (Å²) >= 11 is 0. The molecular formula is C48H72N6O8. The molecule has 62 heavy (non-hydrogen) atoms. The first-order valence-corrected chi connectivity index (χ1v) is 22.5. The molecule has 1 saturated heterocycles. The van der Waals surface area contributed by atoms with E-state index in [1.807, 2.05) is 96.1 Å². The Morgan fingerprint density at radius 2 is 1.53 bits per heavy atom. The molecule has 0 bridgehead atoms. The van der Waals surface area contributed by atoms with Crippen LogP contribution in [-0.2, 0) is 51.4 Å². The molecule has 1 aliphatic carbocycles. The number of hydrogen-bond donors (Lipinski definition) is 4. The Hall–Kier alpha value is -4.21. The standard InChI is InChI=1S/C48H72N6O8/c1-12-30(6)42(53(9)46(58)41(29(4)5)51-45(57)40(49-8)28(2)3)39(60-10)24-38(55)36-22-23-37(50-36)43(61-11)31(7)44(56)52-48(25-35(48)32-18-14-13-15-19-32)47(59)54-26-33-20-16-17-21-34(33)27-62-54/h13-21,28-31,35-37,39-43,49-50H,12,22-27H2,1-11H3,(H,51,57)(H,52,56)/t30-,31+,35+,36?,37-,39+,40-,41-,42-,43+,48-/m0/s1. The zero-order valence-corrected chi connectivity index (χ0v) is 38.7. The molecule has 4 N–H and O–H groups in total. The number of carbonyl (C=O) groups excluding carboxylic acids is 5. The number of carbonyl (C=O) groups is 5. The Labute approximate surface area is 368 Å². The summed E-state index contributed by atoms with van der Waals surface area (Å²) in [5.74, 6) is -2.20. The third kappa shape index (κ3) is 10.8. The maximum atomic E-state index is 14.4. The summed E-state index contributed by atoms with van der Waals surface area (Å²) in [5.41, 5.74) is 1.82. The summed E-state index contributed by atoms with van der Waals surface area (Å²) in [6.07, 6.45) is 1.16. The number of likely N-dealkylation sites (N-methyl/N-ethyl adjacent to an activating group) is 2. The lowest BCUT2D eigenvalue weighted by molar-refractivity contribution is -0.204. The smallest absolute Gasteiger partial charge is 0.272 e. The van der Waals surface area contributed by atoms with Crippen molar-refractivity contribution in [3.63, 3.8) is 0 Å². The molecule has 0 aromatic heterocycles. The van der Waals surface area contributed by atoms with E-state index in [4.69, 9.17) is 14.3 Å². The summed E-state index contributed by atoms with van der Waals surface area (Å²) in [6, 6.07) is 15.1. The average molecular weight is 861 g/mol. The fourth-order valence-electron chi connectivity index (χ4n) is 9.63. The van der Waals surface area contributed by atoms with Crippen LogP contribution in [0.5, 0.6) is 0 Å². The second-order valence-corrected chi connectivity index (χ2v) is 18.4. The number of rotatable bonds is 21. The molecule has 1 unspecified atom stereocenters. The highest BCUT2D eigenvalue weighted by molar-refractivity contribution is 5.96. The third-order valence-corrected chi connectivity index (χ3v) is 13.7. The van der Waals surface area contributed by atoms with E-state index in [2.05, 4.69) is 21.3 Å². The summed E-state index contributed by atoms with van der Waals surface area (Å²) in [6.45, 7) is 14.2. The predicted octanol–water partition coefficient (Wildman–Crippen LogP) is 4.51. The first-order chi connectivity index (χ1) is 29.5. The van der Waals surface area contributed by atoms with Gasteiger partial charge < -0.3 is 35.6 Å². The van der Waals surface area contributed by atoms with E-state index in [1.165, 1.54) is 5.06 Å². The summed E-state index contributed by atoms with van der Waals surface area (Å²) in [5, 5.41) is 14.1. The largest absolute Gasteiger partial charge is 0.379 e. The maximum Gasteiger partial charge on any atom is 0.272 e. The third-order valence-electron chi connectivity index (χ3n) is 13.7. The number of nitrogens with zero attached hydrogens (tertiary/aromatic N) is 2. The van der Waals surface area contributed by atoms with Crippen LogP contribution in [0, 0.1) is 23.7 Å². The van der Waals surface area contributed by atoms with Crippen molar-refractivity contribution in [2.75, 3.05) is 28.3 Å². The van der Waals surface area contributed by atoms with E-state index in [-0.39, 0.29) is 78.7 Å². The molecule has 14 heteroatoms. The van der Waals surface area contributed by atoms with Crippen LogP contribution in [0.4, 0.5) is 0 Å². The first kappa shape index (κ1) is 48.8. The molecule has 3 aliphatic rings. The van der Waals surface area contributed by atoms with Gasteiger partial charge >= 0.3 is 0 Å². The monoisotopic (exact) mass is 861 g/mol. The minimum absolute atomic E-state index is 0.0205. The van der Waals surface area contributed by atoms with Gasteiger partial charge in [0.25, 0.3) is 5.91 Å². The normalized spacial score (nSPS) is 24.3. The van der Waals surface area contributed by atoms with Gasteiger partial charge in [0.1, 0.15) is 18.2 Å².